The van der Waals surface area contributed by atoms with Crippen LogP contribution >= 0.6 is 0 Å². The summed E-state index contributed by atoms with van der Waals surface area (Å²) in [5.41, 5.74) is 10.1. The van der Waals surface area contributed by atoms with Gasteiger partial charge in [0.15, 0.2) is 0 Å². The number of hydrogen-bond acceptors (Lipinski definition) is 3. The fourth-order valence-electron chi connectivity index (χ4n) is 2.37. The van der Waals surface area contributed by atoms with Gasteiger partial charge in [0.2, 0.25) is 5.91 Å². The summed E-state index contributed by atoms with van der Waals surface area (Å²) >= 11 is 0. The van der Waals surface area contributed by atoms with Gasteiger partial charge in [0.25, 0.3) is 0 Å². The minimum Gasteiger partial charge on any atom is -0.399 e. The number of aryl methyl sites for hydroxylation is 2. The zero-order chi connectivity index (χ0) is 15.6. The second-order valence-electron chi connectivity index (χ2n) is 5.49. The molecule has 0 spiro atoms. The van der Waals surface area contributed by atoms with Crippen LogP contribution in [0.3, 0.4) is 0 Å². The van der Waals surface area contributed by atoms with Gasteiger partial charge in [0, 0.05) is 19.2 Å². The van der Waals surface area contributed by atoms with Gasteiger partial charge in [-0.15, -0.1) is 0 Å². The monoisotopic (exact) mass is 286 g/mol. The minimum atomic E-state index is -0.00137. The van der Waals surface area contributed by atoms with Crippen LogP contribution in [0.5, 0.6) is 0 Å². The van der Waals surface area contributed by atoms with Crippen molar-refractivity contribution in [2.75, 3.05) is 11.1 Å². The molecular weight excluding hydrogens is 264 g/mol. The number of nitrogens with one attached hydrogen (secondary N) is 1. The molecular formula is C16H22N4O. The number of nitrogen functional groups attached to an aromatic ring is 1. The number of carbonyl (C=O) groups excluding carboxylic acids is 1. The SMILES string of the molecule is Cc1nn(C)c(C)c1NC(=O)CC(C)c1ccc(N)cc1. The van der Waals surface area contributed by atoms with Gasteiger partial charge in [0.05, 0.1) is 17.1 Å². The molecule has 2 aromatic rings. The van der Waals surface area contributed by atoms with Crippen LogP contribution in [0.2, 0.25) is 0 Å². The van der Waals surface area contributed by atoms with E-state index < -0.39 is 0 Å². The van der Waals surface area contributed by atoms with E-state index >= 15 is 0 Å². The molecule has 0 aliphatic heterocycles. The van der Waals surface area contributed by atoms with Crippen molar-refractivity contribution in [3.8, 4) is 0 Å². The van der Waals surface area contributed by atoms with E-state index in [1.165, 1.54) is 0 Å². The number of aromatic nitrogens is 2. The fraction of sp³-hybridized carbons (Fsp3) is 0.375. The highest BCUT2D eigenvalue weighted by Crippen LogP contribution is 2.23. The van der Waals surface area contributed by atoms with E-state index in [0.717, 1.165) is 28.3 Å². The van der Waals surface area contributed by atoms with Gasteiger partial charge in [-0.05, 0) is 37.5 Å². The van der Waals surface area contributed by atoms with E-state index in [2.05, 4.69) is 10.4 Å². The molecule has 21 heavy (non-hydrogen) atoms. The first-order chi connectivity index (χ1) is 9.88. The van der Waals surface area contributed by atoms with Crippen LogP contribution in [-0.2, 0) is 11.8 Å². The minimum absolute atomic E-state index is 0.00137. The van der Waals surface area contributed by atoms with Gasteiger partial charge in [-0.2, -0.15) is 5.10 Å². The highest BCUT2D eigenvalue weighted by Gasteiger charge is 2.15. The first-order valence-corrected chi connectivity index (χ1v) is 7.04. The van der Waals surface area contributed by atoms with Crippen molar-refractivity contribution in [1.29, 1.82) is 0 Å². The maximum atomic E-state index is 12.2. The topological polar surface area (TPSA) is 72.9 Å². The zero-order valence-electron chi connectivity index (χ0n) is 13.0. The van der Waals surface area contributed by atoms with Crippen LogP contribution in [0.1, 0.15) is 36.2 Å². The van der Waals surface area contributed by atoms with Gasteiger partial charge in [-0.3, -0.25) is 9.48 Å². The van der Waals surface area contributed by atoms with Gasteiger partial charge >= 0.3 is 0 Å². The van der Waals surface area contributed by atoms with Crippen molar-refractivity contribution in [2.24, 2.45) is 7.05 Å². The summed E-state index contributed by atoms with van der Waals surface area (Å²) in [6, 6.07) is 7.65. The Morgan fingerprint density at radius 2 is 1.95 bits per heavy atom. The number of anilines is 2. The lowest BCUT2D eigenvalue weighted by Crippen LogP contribution is -2.15. The summed E-state index contributed by atoms with van der Waals surface area (Å²) in [6.07, 6.45) is 0.428. The summed E-state index contributed by atoms with van der Waals surface area (Å²) in [7, 11) is 1.87. The third kappa shape index (κ3) is 3.42. The van der Waals surface area contributed by atoms with Crippen molar-refractivity contribution in [3.63, 3.8) is 0 Å². The summed E-state index contributed by atoms with van der Waals surface area (Å²) in [5.74, 6) is 0.140. The quantitative estimate of drug-likeness (QED) is 0.849. The summed E-state index contributed by atoms with van der Waals surface area (Å²) in [5, 5.41) is 7.26. The average molecular weight is 286 g/mol. The van der Waals surface area contributed by atoms with E-state index in [1.54, 1.807) is 4.68 Å². The molecule has 5 heteroatoms. The number of carbonyl (C=O) groups is 1. The molecule has 1 amide bonds. The molecule has 1 unspecified atom stereocenters. The van der Waals surface area contributed by atoms with E-state index in [4.69, 9.17) is 5.73 Å². The summed E-state index contributed by atoms with van der Waals surface area (Å²) < 4.78 is 1.77. The molecule has 3 N–H and O–H groups in total. The smallest absolute Gasteiger partial charge is 0.225 e. The van der Waals surface area contributed by atoms with Crippen molar-refractivity contribution >= 4 is 17.3 Å². The molecule has 2 rings (SSSR count). The predicted molar refractivity (Wildman–Crippen MR) is 85.2 cm³/mol. The second-order valence-corrected chi connectivity index (χ2v) is 5.49. The van der Waals surface area contributed by atoms with Crippen molar-refractivity contribution < 1.29 is 4.79 Å². The highest BCUT2D eigenvalue weighted by molar-refractivity contribution is 5.92. The lowest BCUT2D eigenvalue weighted by molar-refractivity contribution is -0.116. The molecule has 0 bridgehead atoms. The lowest BCUT2D eigenvalue weighted by atomic mass is 9.97. The van der Waals surface area contributed by atoms with Crippen LogP contribution in [0.15, 0.2) is 24.3 Å². The molecule has 1 atom stereocenters. The molecule has 0 aliphatic rings. The fourth-order valence-corrected chi connectivity index (χ4v) is 2.37. The number of hydrogen-bond donors (Lipinski definition) is 2. The largest absolute Gasteiger partial charge is 0.399 e. The Balaban J connectivity index is 2.03. The Morgan fingerprint density at radius 3 is 2.48 bits per heavy atom. The molecule has 0 saturated heterocycles. The van der Waals surface area contributed by atoms with Crippen LogP contribution < -0.4 is 11.1 Å². The first-order valence-electron chi connectivity index (χ1n) is 7.04. The van der Waals surface area contributed by atoms with Crippen molar-refractivity contribution in [2.45, 2.75) is 33.1 Å². The van der Waals surface area contributed by atoms with Crippen LogP contribution in [-0.4, -0.2) is 15.7 Å². The molecule has 0 fully saturated rings. The van der Waals surface area contributed by atoms with E-state index in [9.17, 15) is 4.79 Å². The maximum Gasteiger partial charge on any atom is 0.225 e. The number of benzene rings is 1. The zero-order valence-corrected chi connectivity index (χ0v) is 13.0. The van der Waals surface area contributed by atoms with E-state index in [1.807, 2.05) is 52.1 Å². The highest BCUT2D eigenvalue weighted by atomic mass is 16.1. The number of amides is 1. The number of rotatable bonds is 4. The molecule has 1 aromatic carbocycles. The molecule has 0 radical (unpaired) electrons. The van der Waals surface area contributed by atoms with Gasteiger partial charge in [0.1, 0.15) is 0 Å². The van der Waals surface area contributed by atoms with Crippen molar-refractivity contribution in [3.05, 3.63) is 41.2 Å². The Morgan fingerprint density at radius 1 is 1.33 bits per heavy atom. The van der Waals surface area contributed by atoms with Gasteiger partial charge in [-0.25, -0.2) is 0 Å². The molecule has 5 nitrogen and oxygen atoms in total. The summed E-state index contributed by atoms with van der Waals surface area (Å²) in [6.45, 7) is 5.87. The third-order valence-electron chi connectivity index (χ3n) is 3.77. The molecule has 0 saturated carbocycles. The Labute approximate surface area is 125 Å². The second kappa shape index (κ2) is 5.99. The Bertz CT molecular complexity index is 643. The van der Waals surface area contributed by atoms with Gasteiger partial charge < -0.3 is 11.1 Å². The molecule has 112 valence electrons. The standard InChI is InChI=1S/C16H22N4O/c1-10(13-5-7-14(17)8-6-13)9-15(21)18-16-11(2)19-20(4)12(16)3/h5-8,10H,9,17H2,1-4H3,(H,18,21). The first kappa shape index (κ1) is 15.1. The van der Waals surface area contributed by atoms with Crippen LogP contribution in [0.4, 0.5) is 11.4 Å². The van der Waals surface area contributed by atoms with Crippen LogP contribution in [0.25, 0.3) is 0 Å². The van der Waals surface area contributed by atoms with Gasteiger partial charge in [-0.1, -0.05) is 19.1 Å². The van der Waals surface area contributed by atoms with E-state index in [-0.39, 0.29) is 11.8 Å². The number of nitrogens with zero attached hydrogens (tertiary/aromatic N) is 2. The predicted octanol–water partition coefficient (Wildman–Crippen LogP) is 2.75. The number of nitrogens with two attached hydrogens (primary N) is 1. The molecule has 1 heterocycles. The summed E-state index contributed by atoms with van der Waals surface area (Å²) in [4.78, 5) is 12.2. The third-order valence-corrected chi connectivity index (χ3v) is 3.77. The average Bonchev–Trinajstić information content (AvgIpc) is 2.66. The normalized spacial score (nSPS) is 12.2. The molecule has 1 aromatic heterocycles. The van der Waals surface area contributed by atoms with Crippen molar-refractivity contribution in [1.82, 2.24) is 9.78 Å². The molecule has 0 aliphatic carbocycles. The maximum absolute atomic E-state index is 12.2. The van der Waals surface area contributed by atoms with E-state index in [0.29, 0.717) is 6.42 Å². The Hall–Kier alpha value is -2.30. The lowest BCUT2D eigenvalue weighted by Gasteiger charge is -2.12. The van der Waals surface area contributed by atoms with Crippen LogP contribution in [0, 0.1) is 13.8 Å². The Kier molecular flexibility index (Phi) is 4.31.